The number of aryl methyl sites for hydroxylation is 1. The SMILES string of the molecule is Cc1nnc(N2CCC3(CC2)OCCc2sccc23)c2ccccc12. The van der Waals surface area contributed by atoms with Crippen molar-refractivity contribution in [2.24, 2.45) is 0 Å². The van der Waals surface area contributed by atoms with Gasteiger partial charge in [-0.05, 0) is 36.8 Å². The van der Waals surface area contributed by atoms with Gasteiger partial charge in [0.25, 0.3) is 0 Å². The number of thiophene rings is 1. The van der Waals surface area contributed by atoms with Crippen LogP contribution in [0, 0.1) is 6.92 Å². The van der Waals surface area contributed by atoms with Crippen molar-refractivity contribution < 1.29 is 4.74 Å². The number of nitrogens with zero attached hydrogens (tertiary/aromatic N) is 3. The second-order valence-electron chi connectivity index (χ2n) is 6.99. The van der Waals surface area contributed by atoms with Gasteiger partial charge in [0, 0.05) is 35.2 Å². The molecule has 25 heavy (non-hydrogen) atoms. The van der Waals surface area contributed by atoms with Crippen molar-refractivity contribution in [1.82, 2.24) is 10.2 Å². The zero-order valence-corrected chi connectivity index (χ0v) is 15.2. The molecule has 1 spiro atoms. The van der Waals surface area contributed by atoms with Crippen molar-refractivity contribution in [2.75, 3.05) is 24.6 Å². The first-order valence-corrected chi connectivity index (χ1v) is 9.83. The van der Waals surface area contributed by atoms with E-state index in [1.807, 2.05) is 18.3 Å². The fourth-order valence-electron chi connectivity index (χ4n) is 4.31. The third-order valence-corrected chi connectivity index (χ3v) is 6.65. The molecule has 2 aliphatic rings. The molecule has 1 aromatic carbocycles. The van der Waals surface area contributed by atoms with Crippen LogP contribution < -0.4 is 4.90 Å². The van der Waals surface area contributed by atoms with Gasteiger partial charge in [0.2, 0.25) is 0 Å². The number of rotatable bonds is 1. The molecule has 1 saturated heterocycles. The highest BCUT2D eigenvalue weighted by Gasteiger charge is 2.41. The van der Waals surface area contributed by atoms with Crippen LogP contribution in [0.25, 0.3) is 10.8 Å². The molecule has 2 aliphatic heterocycles. The van der Waals surface area contributed by atoms with E-state index in [0.717, 1.165) is 50.5 Å². The average molecular weight is 351 g/mol. The Hall–Kier alpha value is -1.98. The van der Waals surface area contributed by atoms with Crippen LogP contribution in [-0.4, -0.2) is 29.9 Å². The van der Waals surface area contributed by atoms with Crippen molar-refractivity contribution in [3.63, 3.8) is 0 Å². The molecule has 5 rings (SSSR count). The van der Waals surface area contributed by atoms with Gasteiger partial charge in [0.1, 0.15) is 0 Å². The van der Waals surface area contributed by atoms with Crippen molar-refractivity contribution in [2.45, 2.75) is 31.8 Å². The Morgan fingerprint density at radius 3 is 2.72 bits per heavy atom. The number of benzene rings is 1. The summed E-state index contributed by atoms with van der Waals surface area (Å²) in [6.07, 6.45) is 3.09. The summed E-state index contributed by atoms with van der Waals surface area (Å²) in [7, 11) is 0. The fourth-order valence-corrected chi connectivity index (χ4v) is 5.26. The van der Waals surface area contributed by atoms with Crippen LogP contribution in [0.2, 0.25) is 0 Å². The van der Waals surface area contributed by atoms with Crippen LogP contribution in [-0.2, 0) is 16.8 Å². The average Bonchev–Trinajstić information content (AvgIpc) is 3.14. The van der Waals surface area contributed by atoms with Gasteiger partial charge in [-0.1, -0.05) is 24.3 Å². The maximum atomic E-state index is 6.33. The molecule has 0 radical (unpaired) electrons. The molecule has 3 aromatic rings. The minimum Gasteiger partial charge on any atom is -0.370 e. The monoisotopic (exact) mass is 351 g/mol. The molecule has 0 N–H and O–H groups in total. The van der Waals surface area contributed by atoms with Gasteiger partial charge in [0.05, 0.1) is 17.9 Å². The van der Waals surface area contributed by atoms with Crippen LogP contribution in [0.4, 0.5) is 5.82 Å². The predicted molar refractivity (Wildman–Crippen MR) is 101 cm³/mol. The summed E-state index contributed by atoms with van der Waals surface area (Å²) < 4.78 is 6.33. The Balaban J connectivity index is 1.46. The number of aromatic nitrogens is 2. The van der Waals surface area contributed by atoms with E-state index >= 15 is 0 Å². The third-order valence-electron chi connectivity index (χ3n) is 5.67. The molecule has 0 atom stereocenters. The van der Waals surface area contributed by atoms with Crippen LogP contribution in [0.5, 0.6) is 0 Å². The second kappa shape index (κ2) is 5.78. The van der Waals surface area contributed by atoms with E-state index in [9.17, 15) is 0 Å². The standard InChI is InChI=1S/C20H21N3OS/c1-14-15-4-2-3-5-16(15)19(22-21-14)23-10-8-20(9-11-23)17-7-13-25-18(17)6-12-24-20/h2-5,7,13H,6,8-12H2,1H3. The number of fused-ring (bicyclic) bond motifs is 3. The molecule has 0 bridgehead atoms. The Bertz CT molecular complexity index is 928. The lowest BCUT2D eigenvalue weighted by Gasteiger charge is -2.44. The molecule has 0 saturated carbocycles. The summed E-state index contributed by atoms with van der Waals surface area (Å²) in [6.45, 7) is 4.78. The number of anilines is 1. The predicted octanol–water partition coefficient (Wildman–Crippen LogP) is 4.07. The van der Waals surface area contributed by atoms with Crippen LogP contribution >= 0.6 is 11.3 Å². The minimum absolute atomic E-state index is 0.0853. The highest BCUT2D eigenvalue weighted by molar-refractivity contribution is 7.10. The molecule has 4 heterocycles. The molecule has 0 amide bonds. The largest absolute Gasteiger partial charge is 0.370 e. The number of hydrogen-bond acceptors (Lipinski definition) is 5. The van der Waals surface area contributed by atoms with E-state index in [0.29, 0.717) is 0 Å². The molecule has 128 valence electrons. The fraction of sp³-hybridized carbons (Fsp3) is 0.400. The lowest BCUT2D eigenvalue weighted by molar-refractivity contribution is -0.0757. The number of hydrogen-bond donors (Lipinski definition) is 0. The number of ether oxygens (including phenoxy) is 1. The smallest absolute Gasteiger partial charge is 0.159 e. The van der Waals surface area contributed by atoms with E-state index in [2.05, 4.69) is 50.8 Å². The highest BCUT2D eigenvalue weighted by Crippen LogP contribution is 2.44. The van der Waals surface area contributed by atoms with Crippen molar-refractivity contribution >= 4 is 27.9 Å². The lowest BCUT2D eigenvalue weighted by Crippen LogP contribution is -2.46. The summed E-state index contributed by atoms with van der Waals surface area (Å²) in [4.78, 5) is 3.89. The van der Waals surface area contributed by atoms with Crippen LogP contribution in [0.15, 0.2) is 35.7 Å². The van der Waals surface area contributed by atoms with Gasteiger partial charge in [-0.3, -0.25) is 0 Å². The van der Waals surface area contributed by atoms with Gasteiger partial charge in [-0.2, -0.15) is 5.10 Å². The first kappa shape index (κ1) is 15.3. The molecular formula is C20H21N3OS. The van der Waals surface area contributed by atoms with Gasteiger partial charge in [-0.15, -0.1) is 16.4 Å². The second-order valence-corrected chi connectivity index (χ2v) is 7.99. The van der Waals surface area contributed by atoms with E-state index < -0.39 is 0 Å². The summed E-state index contributed by atoms with van der Waals surface area (Å²) in [5.74, 6) is 1.01. The summed E-state index contributed by atoms with van der Waals surface area (Å²) >= 11 is 1.88. The molecule has 5 heteroatoms. The van der Waals surface area contributed by atoms with Crippen molar-refractivity contribution in [3.8, 4) is 0 Å². The molecule has 0 aliphatic carbocycles. The Labute approximate surface area is 151 Å². The molecule has 0 unspecified atom stereocenters. The van der Waals surface area contributed by atoms with Gasteiger partial charge >= 0.3 is 0 Å². The maximum Gasteiger partial charge on any atom is 0.159 e. The first-order chi connectivity index (χ1) is 12.3. The molecule has 2 aromatic heterocycles. The molecule has 1 fully saturated rings. The topological polar surface area (TPSA) is 38.2 Å². The van der Waals surface area contributed by atoms with Gasteiger partial charge in [0.15, 0.2) is 5.82 Å². The maximum absolute atomic E-state index is 6.33. The summed E-state index contributed by atoms with van der Waals surface area (Å²) in [5.41, 5.74) is 2.34. The Morgan fingerprint density at radius 1 is 1.08 bits per heavy atom. The quantitative estimate of drug-likeness (QED) is 0.662. The van der Waals surface area contributed by atoms with Gasteiger partial charge < -0.3 is 9.64 Å². The van der Waals surface area contributed by atoms with Gasteiger partial charge in [-0.25, -0.2) is 0 Å². The highest BCUT2D eigenvalue weighted by atomic mass is 32.1. The zero-order chi connectivity index (χ0) is 16.9. The molecular weight excluding hydrogens is 330 g/mol. The lowest BCUT2D eigenvalue weighted by atomic mass is 9.82. The number of piperidine rings is 1. The van der Waals surface area contributed by atoms with Crippen LogP contribution in [0.3, 0.4) is 0 Å². The Morgan fingerprint density at radius 2 is 1.88 bits per heavy atom. The summed E-state index contributed by atoms with van der Waals surface area (Å²) in [6, 6.07) is 10.7. The zero-order valence-electron chi connectivity index (χ0n) is 14.4. The molecule has 4 nitrogen and oxygen atoms in total. The van der Waals surface area contributed by atoms with Crippen LogP contribution in [0.1, 0.15) is 29.0 Å². The first-order valence-electron chi connectivity index (χ1n) is 8.95. The minimum atomic E-state index is -0.0853. The van der Waals surface area contributed by atoms with Crippen molar-refractivity contribution in [1.29, 1.82) is 0 Å². The normalized spacial score (nSPS) is 19.3. The Kier molecular flexibility index (Phi) is 3.54. The van der Waals surface area contributed by atoms with E-state index in [1.54, 1.807) is 0 Å². The van der Waals surface area contributed by atoms with E-state index in [1.165, 1.54) is 21.2 Å². The third kappa shape index (κ3) is 2.37. The van der Waals surface area contributed by atoms with Crippen molar-refractivity contribution in [3.05, 3.63) is 51.8 Å². The summed E-state index contributed by atoms with van der Waals surface area (Å²) in [5, 5.41) is 13.5. The van der Waals surface area contributed by atoms with E-state index in [4.69, 9.17) is 4.74 Å². The van der Waals surface area contributed by atoms with E-state index in [-0.39, 0.29) is 5.60 Å².